The maximum absolute atomic E-state index is 11.6. The molecule has 1 aliphatic rings. The van der Waals surface area contributed by atoms with E-state index in [4.69, 9.17) is 0 Å². The molecule has 0 amide bonds. The van der Waals surface area contributed by atoms with Crippen LogP contribution in [-0.2, 0) is 9.59 Å². The molecule has 0 saturated heterocycles. The Balaban J connectivity index is 3.07. The van der Waals surface area contributed by atoms with E-state index in [1.54, 1.807) is 0 Å². The number of carbonyl (C=O) groups excluding carboxylic acids is 2. The predicted octanol–water partition coefficient (Wildman–Crippen LogP) is 2.38. The van der Waals surface area contributed by atoms with Crippen LogP contribution in [0, 0.1) is 0 Å². The van der Waals surface area contributed by atoms with Gasteiger partial charge >= 0.3 is 0 Å². The summed E-state index contributed by atoms with van der Waals surface area (Å²) in [7, 11) is 0. The number of thioether (sulfide) groups is 1. The topological polar surface area (TPSA) is 34.1 Å². The van der Waals surface area contributed by atoms with Gasteiger partial charge in [0.15, 0.2) is 11.6 Å². The second kappa shape index (κ2) is 3.89. The van der Waals surface area contributed by atoms with Crippen LogP contribution in [0.3, 0.4) is 0 Å². The monoisotopic (exact) mass is 212 g/mol. The van der Waals surface area contributed by atoms with Gasteiger partial charge in [-0.15, -0.1) is 11.8 Å². The van der Waals surface area contributed by atoms with Crippen LogP contribution >= 0.6 is 11.8 Å². The number of rotatable bonds is 2. The van der Waals surface area contributed by atoms with Gasteiger partial charge in [-0.25, -0.2) is 0 Å². The summed E-state index contributed by atoms with van der Waals surface area (Å²) in [4.78, 5) is 23.1. The van der Waals surface area contributed by atoms with Crippen LogP contribution in [0.2, 0.25) is 0 Å². The second-order valence-electron chi connectivity index (χ2n) is 3.97. The molecule has 0 fully saturated rings. The second-order valence-corrected chi connectivity index (χ2v) is 5.24. The van der Waals surface area contributed by atoms with E-state index in [0.29, 0.717) is 6.42 Å². The lowest BCUT2D eigenvalue weighted by Gasteiger charge is -2.33. The van der Waals surface area contributed by atoms with Gasteiger partial charge in [-0.3, -0.25) is 9.59 Å². The van der Waals surface area contributed by atoms with Gasteiger partial charge in [0.05, 0.1) is 0 Å². The van der Waals surface area contributed by atoms with E-state index in [1.807, 2.05) is 6.92 Å². The van der Waals surface area contributed by atoms with E-state index in [9.17, 15) is 9.59 Å². The minimum absolute atomic E-state index is 0.0122. The molecule has 0 radical (unpaired) electrons. The largest absolute Gasteiger partial charge is 0.298 e. The van der Waals surface area contributed by atoms with Crippen LogP contribution in [0.5, 0.6) is 0 Å². The highest BCUT2D eigenvalue weighted by Crippen LogP contribution is 2.40. The van der Waals surface area contributed by atoms with Crippen molar-refractivity contribution in [1.82, 2.24) is 0 Å². The van der Waals surface area contributed by atoms with Gasteiger partial charge in [-0.05, 0) is 34.1 Å². The third-order valence-corrected chi connectivity index (χ3v) is 4.70. The number of allylic oxidation sites excluding steroid dienone is 1. The van der Waals surface area contributed by atoms with Crippen molar-refractivity contribution in [2.45, 2.75) is 38.9 Å². The van der Waals surface area contributed by atoms with Crippen molar-refractivity contribution in [2.75, 3.05) is 5.75 Å². The van der Waals surface area contributed by atoms with Gasteiger partial charge in [0.1, 0.15) is 4.75 Å². The lowest BCUT2D eigenvalue weighted by atomic mass is 9.90. The van der Waals surface area contributed by atoms with Gasteiger partial charge in [0.2, 0.25) is 0 Å². The molecule has 78 valence electrons. The number of hydrogen-bond donors (Lipinski definition) is 0. The Morgan fingerprint density at radius 2 is 1.64 bits per heavy atom. The zero-order valence-electron chi connectivity index (χ0n) is 9.14. The minimum atomic E-state index is -0.788. The smallest absolute Gasteiger partial charge is 0.153 e. The van der Waals surface area contributed by atoms with E-state index in [0.717, 1.165) is 5.75 Å². The van der Waals surface area contributed by atoms with Crippen molar-refractivity contribution >= 4 is 23.3 Å². The van der Waals surface area contributed by atoms with Crippen molar-refractivity contribution in [3.05, 3.63) is 11.1 Å². The summed E-state index contributed by atoms with van der Waals surface area (Å²) in [5.74, 6) is 0.772. The summed E-state index contributed by atoms with van der Waals surface area (Å²) in [5, 5.41) is 0. The van der Waals surface area contributed by atoms with Crippen LogP contribution < -0.4 is 0 Å². The summed E-state index contributed by atoms with van der Waals surface area (Å²) in [5.41, 5.74) is 2.49. The zero-order valence-corrected chi connectivity index (χ0v) is 9.96. The van der Waals surface area contributed by atoms with Crippen LogP contribution in [-0.4, -0.2) is 22.1 Å². The molecule has 0 aromatic rings. The number of carbonyl (C=O) groups is 2. The first kappa shape index (κ1) is 11.5. The van der Waals surface area contributed by atoms with Crippen molar-refractivity contribution in [1.29, 1.82) is 0 Å². The van der Waals surface area contributed by atoms with E-state index < -0.39 is 4.75 Å². The fourth-order valence-corrected chi connectivity index (χ4v) is 3.06. The van der Waals surface area contributed by atoms with E-state index in [1.165, 1.54) is 36.8 Å². The molecule has 1 heterocycles. The van der Waals surface area contributed by atoms with Gasteiger partial charge in [-0.1, -0.05) is 11.1 Å². The SMILES string of the molecule is CC(=O)C1(C(C)=O)CC(C)=C(C)CS1. The normalized spacial score (nSPS) is 20.9. The van der Waals surface area contributed by atoms with Gasteiger partial charge in [-0.2, -0.15) is 0 Å². The number of ketones is 2. The first-order valence-electron chi connectivity index (χ1n) is 4.71. The highest BCUT2D eigenvalue weighted by Gasteiger charge is 2.43. The Hall–Kier alpha value is -0.570. The standard InChI is InChI=1S/C11H16O2S/c1-7-5-11(9(3)12,10(4)13)14-6-8(7)2/h5-6H2,1-4H3. The van der Waals surface area contributed by atoms with Crippen LogP contribution in [0.1, 0.15) is 34.1 Å². The number of hydrogen-bond acceptors (Lipinski definition) is 3. The highest BCUT2D eigenvalue weighted by molar-refractivity contribution is 8.02. The summed E-state index contributed by atoms with van der Waals surface area (Å²) in [6, 6.07) is 0. The quantitative estimate of drug-likeness (QED) is 0.520. The maximum Gasteiger partial charge on any atom is 0.153 e. The van der Waals surface area contributed by atoms with Gasteiger partial charge in [0.25, 0.3) is 0 Å². The Kier molecular flexibility index (Phi) is 3.20. The molecule has 0 atom stereocenters. The molecule has 0 spiro atoms. The van der Waals surface area contributed by atoms with Crippen molar-refractivity contribution in [3.63, 3.8) is 0 Å². The van der Waals surface area contributed by atoms with E-state index in [2.05, 4.69) is 6.92 Å². The van der Waals surface area contributed by atoms with Gasteiger partial charge < -0.3 is 0 Å². The molecule has 0 unspecified atom stereocenters. The fraction of sp³-hybridized carbons (Fsp3) is 0.636. The number of Topliss-reactive ketones (excluding diaryl/α,β-unsaturated/α-hetero) is 2. The molecular formula is C11H16O2S. The van der Waals surface area contributed by atoms with Crippen molar-refractivity contribution < 1.29 is 9.59 Å². The molecule has 0 bridgehead atoms. The van der Waals surface area contributed by atoms with Crippen LogP contribution in [0.4, 0.5) is 0 Å². The molecule has 0 aromatic carbocycles. The molecule has 0 aromatic heterocycles. The van der Waals surface area contributed by atoms with Crippen molar-refractivity contribution in [2.24, 2.45) is 0 Å². The van der Waals surface area contributed by atoms with Crippen molar-refractivity contribution in [3.8, 4) is 0 Å². The maximum atomic E-state index is 11.6. The molecule has 0 saturated carbocycles. The Morgan fingerprint density at radius 3 is 2.00 bits per heavy atom. The Labute approximate surface area is 89.1 Å². The zero-order chi connectivity index (χ0) is 10.9. The molecular weight excluding hydrogens is 196 g/mol. The predicted molar refractivity (Wildman–Crippen MR) is 59.5 cm³/mol. The molecule has 3 heteroatoms. The fourth-order valence-electron chi connectivity index (χ4n) is 1.63. The highest BCUT2D eigenvalue weighted by atomic mass is 32.2. The van der Waals surface area contributed by atoms with Gasteiger partial charge in [0, 0.05) is 5.75 Å². The third-order valence-electron chi connectivity index (χ3n) is 2.92. The summed E-state index contributed by atoms with van der Waals surface area (Å²) in [6.07, 6.45) is 0.591. The summed E-state index contributed by atoms with van der Waals surface area (Å²) in [6.45, 7) is 7.10. The Morgan fingerprint density at radius 1 is 1.14 bits per heavy atom. The van der Waals surface area contributed by atoms with Crippen LogP contribution in [0.25, 0.3) is 0 Å². The Bertz CT molecular complexity index is 301. The molecule has 2 nitrogen and oxygen atoms in total. The summed E-state index contributed by atoms with van der Waals surface area (Å²) < 4.78 is -0.788. The lowest BCUT2D eigenvalue weighted by molar-refractivity contribution is -0.128. The lowest BCUT2D eigenvalue weighted by Crippen LogP contribution is -2.43. The average molecular weight is 212 g/mol. The molecule has 0 N–H and O–H groups in total. The molecule has 1 rings (SSSR count). The average Bonchev–Trinajstić information content (AvgIpc) is 2.09. The first-order valence-corrected chi connectivity index (χ1v) is 5.70. The first-order chi connectivity index (χ1) is 6.40. The van der Waals surface area contributed by atoms with E-state index in [-0.39, 0.29) is 11.6 Å². The molecule has 14 heavy (non-hydrogen) atoms. The summed E-state index contributed by atoms with van der Waals surface area (Å²) >= 11 is 1.48. The van der Waals surface area contributed by atoms with Crippen LogP contribution in [0.15, 0.2) is 11.1 Å². The molecule has 1 aliphatic heterocycles. The molecule has 0 aliphatic carbocycles. The van der Waals surface area contributed by atoms with E-state index >= 15 is 0 Å². The minimum Gasteiger partial charge on any atom is -0.298 e. The third kappa shape index (κ3) is 1.78.